The van der Waals surface area contributed by atoms with Crippen molar-refractivity contribution in [1.29, 1.82) is 0 Å². The molecule has 3 N–H and O–H groups in total. The molecule has 0 atom stereocenters. The van der Waals surface area contributed by atoms with Gasteiger partial charge in [-0.15, -0.1) is 0 Å². The Kier molecular flexibility index (Phi) is 5.46. The first-order chi connectivity index (χ1) is 11.3. The number of amides is 2. The molecule has 24 heavy (non-hydrogen) atoms. The number of carbonyl (C=O) groups is 2. The lowest BCUT2D eigenvalue weighted by atomic mass is 10.0. The lowest BCUT2D eigenvalue weighted by molar-refractivity contribution is 0.0961. The Bertz CT molecular complexity index is 788. The lowest BCUT2D eigenvalue weighted by Gasteiger charge is -2.14. The van der Waals surface area contributed by atoms with Gasteiger partial charge >= 0.3 is 0 Å². The van der Waals surface area contributed by atoms with Crippen molar-refractivity contribution < 1.29 is 14.3 Å². The van der Waals surface area contributed by atoms with Gasteiger partial charge in [-0.1, -0.05) is 23.7 Å². The highest BCUT2D eigenvalue weighted by atomic mass is 35.5. The van der Waals surface area contributed by atoms with E-state index in [9.17, 15) is 9.59 Å². The fraction of sp³-hybridized carbons (Fsp3) is 0.222. The molecule has 0 unspecified atom stereocenters. The first-order valence-electron chi connectivity index (χ1n) is 7.46. The molecule has 2 rings (SSSR count). The SMILES string of the molecule is CNC(=O)c1ccc(-c2ccc(OC(C)C)c(C(N)=O)c2)cc1Cl. The van der Waals surface area contributed by atoms with E-state index in [0.29, 0.717) is 21.9 Å². The van der Waals surface area contributed by atoms with Gasteiger partial charge in [0.1, 0.15) is 5.75 Å². The van der Waals surface area contributed by atoms with Crippen molar-refractivity contribution in [2.45, 2.75) is 20.0 Å². The monoisotopic (exact) mass is 346 g/mol. The predicted molar refractivity (Wildman–Crippen MR) is 94.6 cm³/mol. The van der Waals surface area contributed by atoms with Crippen molar-refractivity contribution >= 4 is 23.4 Å². The average Bonchev–Trinajstić information content (AvgIpc) is 2.53. The minimum atomic E-state index is -0.569. The number of benzene rings is 2. The van der Waals surface area contributed by atoms with Gasteiger partial charge < -0.3 is 15.8 Å². The van der Waals surface area contributed by atoms with Crippen LogP contribution in [0.5, 0.6) is 5.75 Å². The Hall–Kier alpha value is -2.53. The summed E-state index contributed by atoms with van der Waals surface area (Å²) in [5.74, 6) is -0.389. The number of primary amides is 1. The molecule has 0 radical (unpaired) electrons. The summed E-state index contributed by atoms with van der Waals surface area (Å²) in [6, 6.07) is 10.3. The van der Waals surface area contributed by atoms with E-state index >= 15 is 0 Å². The zero-order valence-corrected chi connectivity index (χ0v) is 14.5. The summed E-state index contributed by atoms with van der Waals surface area (Å²) in [7, 11) is 1.54. The van der Waals surface area contributed by atoms with Crippen molar-refractivity contribution in [3.05, 3.63) is 52.5 Å². The van der Waals surface area contributed by atoms with Crippen molar-refractivity contribution in [3.63, 3.8) is 0 Å². The molecule has 0 bridgehead atoms. The Morgan fingerprint density at radius 1 is 1.08 bits per heavy atom. The van der Waals surface area contributed by atoms with Crippen LogP contribution in [0.1, 0.15) is 34.6 Å². The van der Waals surface area contributed by atoms with Gasteiger partial charge in [-0.05, 0) is 49.2 Å². The average molecular weight is 347 g/mol. The van der Waals surface area contributed by atoms with Crippen LogP contribution in [0.15, 0.2) is 36.4 Å². The summed E-state index contributed by atoms with van der Waals surface area (Å²) in [5, 5.41) is 2.86. The van der Waals surface area contributed by atoms with Gasteiger partial charge in [-0.25, -0.2) is 0 Å². The van der Waals surface area contributed by atoms with Gasteiger partial charge in [-0.3, -0.25) is 9.59 Å². The molecule has 0 saturated heterocycles. The first-order valence-corrected chi connectivity index (χ1v) is 7.83. The summed E-state index contributed by atoms with van der Waals surface area (Å²) < 4.78 is 5.61. The largest absolute Gasteiger partial charge is 0.490 e. The summed E-state index contributed by atoms with van der Waals surface area (Å²) in [6.45, 7) is 3.74. The zero-order valence-electron chi connectivity index (χ0n) is 13.7. The number of ether oxygens (including phenoxy) is 1. The van der Waals surface area contributed by atoms with E-state index in [1.807, 2.05) is 19.9 Å². The normalized spacial score (nSPS) is 10.5. The molecule has 0 aliphatic heterocycles. The van der Waals surface area contributed by atoms with Crippen LogP contribution >= 0.6 is 11.6 Å². The van der Waals surface area contributed by atoms with E-state index in [1.54, 1.807) is 37.4 Å². The number of halogens is 1. The molecule has 0 aliphatic carbocycles. The fourth-order valence-corrected chi connectivity index (χ4v) is 2.54. The number of hydrogen-bond donors (Lipinski definition) is 2. The summed E-state index contributed by atoms with van der Waals surface area (Å²) in [5.41, 5.74) is 7.66. The van der Waals surface area contributed by atoms with Crippen molar-refractivity contribution in [2.75, 3.05) is 7.05 Å². The molecule has 0 fully saturated rings. The van der Waals surface area contributed by atoms with Crippen LogP contribution in [0.4, 0.5) is 0 Å². The Balaban J connectivity index is 2.46. The topological polar surface area (TPSA) is 81.4 Å². The van der Waals surface area contributed by atoms with Crippen LogP contribution in [-0.2, 0) is 0 Å². The van der Waals surface area contributed by atoms with Crippen molar-refractivity contribution in [1.82, 2.24) is 5.32 Å². The molecular weight excluding hydrogens is 328 g/mol. The summed E-state index contributed by atoms with van der Waals surface area (Å²) in [4.78, 5) is 23.4. The Labute approximate surface area is 145 Å². The quantitative estimate of drug-likeness (QED) is 0.871. The maximum absolute atomic E-state index is 11.7. The third kappa shape index (κ3) is 3.86. The first kappa shape index (κ1) is 17.8. The number of rotatable bonds is 5. The Morgan fingerprint density at radius 2 is 1.71 bits per heavy atom. The highest BCUT2D eigenvalue weighted by molar-refractivity contribution is 6.34. The van der Waals surface area contributed by atoms with E-state index in [4.69, 9.17) is 22.1 Å². The van der Waals surface area contributed by atoms with E-state index in [2.05, 4.69) is 5.32 Å². The standard InChI is InChI=1S/C18H19ClN2O3/c1-10(2)24-16-7-5-11(8-14(16)17(20)22)12-4-6-13(15(19)9-12)18(23)21-3/h4-10H,1-3H3,(H2,20,22)(H,21,23). The van der Waals surface area contributed by atoms with E-state index in [1.165, 1.54) is 0 Å². The smallest absolute Gasteiger partial charge is 0.252 e. The molecule has 6 heteroatoms. The number of carbonyl (C=O) groups excluding carboxylic acids is 2. The second-order valence-corrected chi connectivity index (χ2v) is 5.92. The predicted octanol–water partition coefficient (Wildman–Crippen LogP) is 3.25. The maximum atomic E-state index is 11.7. The molecule has 2 aromatic rings. The third-order valence-corrected chi connectivity index (χ3v) is 3.69. The minimum absolute atomic E-state index is 0.0739. The highest BCUT2D eigenvalue weighted by Crippen LogP contribution is 2.30. The molecule has 0 saturated carbocycles. The molecule has 0 aromatic heterocycles. The molecule has 0 spiro atoms. The number of nitrogens with one attached hydrogen (secondary N) is 1. The molecule has 2 aromatic carbocycles. The maximum Gasteiger partial charge on any atom is 0.252 e. The van der Waals surface area contributed by atoms with Gasteiger partial charge in [0.2, 0.25) is 0 Å². The summed E-state index contributed by atoms with van der Waals surface area (Å²) in [6.07, 6.45) is -0.0739. The number of nitrogens with two attached hydrogens (primary N) is 1. The summed E-state index contributed by atoms with van der Waals surface area (Å²) >= 11 is 6.18. The van der Waals surface area contributed by atoms with Gasteiger partial charge in [0, 0.05) is 7.05 Å². The molecule has 0 heterocycles. The fourth-order valence-electron chi connectivity index (χ4n) is 2.27. The molecule has 2 amide bonds. The third-order valence-electron chi connectivity index (χ3n) is 3.38. The second-order valence-electron chi connectivity index (χ2n) is 5.52. The van der Waals surface area contributed by atoms with Crippen LogP contribution in [0, 0.1) is 0 Å². The molecule has 126 valence electrons. The Morgan fingerprint density at radius 3 is 2.25 bits per heavy atom. The molecule has 5 nitrogen and oxygen atoms in total. The minimum Gasteiger partial charge on any atom is -0.490 e. The van der Waals surface area contributed by atoms with Crippen LogP contribution in [0.25, 0.3) is 11.1 Å². The van der Waals surface area contributed by atoms with Gasteiger partial charge in [0.15, 0.2) is 0 Å². The zero-order chi connectivity index (χ0) is 17.9. The number of hydrogen-bond acceptors (Lipinski definition) is 3. The lowest BCUT2D eigenvalue weighted by Crippen LogP contribution is -2.18. The van der Waals surface area contributed by atoms with Gasteiger partial charge in [0.25, 0.3) is 11.8 Å². The van der Waals surface area contributed by atoms with Crippen LogP contribution in [0.3, 0.4) is 0 Å². The van der Waals surface area contributed by atoms with Gasteiger partial charge in [-0.2, -0.15) is 0 Å². The second kappa shape index (κ2) is 7.36. The molecular formula is C18H19ClN2O3. The van der Waals surface area contributed by atoms with E-state index in [0.717, 1.165) is 11.1 Å². The van der Waals surface area contributed by atoms with Crippen LogP contribution in [-0.4, -0.2) is 25.0 Å². The molecule has 0 aliphatic rings. The van der Waals surface area contributed by atoms with Crippen molar-refractivity contribution in [3.8, 4) is 16.9 Å². The highest BCUT2D eigenvalue weighted by Gasteiger charge is 2.14. The van der Waals surface area contributed by atoms with E-state index < -0.39 is 5.91 Å². The van der Waals surface area contributed by atoms with Gasteiger partial charge in [0.05, 0.1) is 22.3 Å². The van der Waals surface area contributed by atoms with Crippen LogP contribution < -0.4 is 15.8 Å². The van der Waals surface area contributed by atoms with Crippen molar-refractivity contribution in [2.24, 2.45) is 5.73 Å². The van der Waals surface area contributed by atoms with Crippen LogP contribution in [0.2, 0.25) is 5.02 Å². The van der Waals surface area contributed by atoms with E-state index in [-0.39, 0.29) is 12.0 Å².